The molecule has 0 aliphatic rings. The van der Waals surface area contributed by atoms with E-state index in [0.717, 1.165) is 16.7 Å². The van der Waals surface area contributed by atoms with Gasteiger partial charge in [0.2, 0.25) is 15.9 Å². The molecule has 0 saturated carbocycles. The van der Waals surface area contributed by atoms with Crippen LogP contribution in [-0.4, -0.2) is 29.9 Å². The largest absolute Gasteiger partial charge is 0.351 e. The SMILES string of the molecule is Cc1ccc(-c2nc(=O)[nH]c(=O)[nH]2)cc1C.Cc1ccc(C)c(C)c1.Clc1nc(Cl)nc(Cl)n1. The van der Waals surface area contributed by atoms with Gasteiger partial charge in [-0.05, 0) is 97.7 Å². The van der Waals surface area contributed by atoms with Crippen LogP contribution in [0.5, 0.6) is 0 Å². The van der Waals surface area contributed by atoms with E-state index in [1.54, 1.807) is 0 Å². The fourth-order valence-corrected chi connectivity index (χ4v) is 3.22. The second-order valence-corrected chi connectivity index (χ2v) is 8.39. The minimum absolute atomic E-state index is 0.000000000000000444. The third kappa shape index (κ3) is 8.70. The molecule has 0 fully saturated rings. The van der Waals surface area contributed by atoms with Gasteiger partial charge in [0.05, 0.1) is 0 Å². The normalized spacial score (nSPS) is 10.0. The average Bonchev–Trinajstić information content (AvgIpc) is 2.72. The highest BCUT2D eigenvalue weighted by Gasteiger charge is 2.03. The Kier molecular flexibility index (Phi) is 9.92. The molecule has 178 valence electrons. The number of hydrogen-bond acceptors (Lipinski definition) is 6. The number of nitrogens with one attached hydrogen (secondary N) is 2. The third-order valence-corrected chi connectivity index (χ3v) is 5.17. The molecule has 0 aliphatic heterocycles. The van der Waals surface area contributed by atoms with Crippen LogP contribution >= 0.6 is 34.8 Å². The van der Waals surface area contributed by atoms with Gasteiger partial charge in [-0.2, -0.15) is 19.9 Å². The van der Waals surface area contributed by atoms with Gasteiger partial charge < -0.3 is 0 Å². The Morgan fingerprint density at radius 1 is 0.618 bits per heavy atom. The summed E-state index contributed by atoms with van der Waals surface area (Å²) in [5.74, 6) is 0.289. The summed E-state index contributed by atoms with van der Waals surface area (Å²) in [5, 5.41) is 0.00000000000000178. The Bertz CT molecular complexity index is 1320. The van der Waals surface area contributed by atoms with Crippen molar-refractivity contribution < 1.29 is 0 Å². The van der Waals surface area contributed by atoms with E-state index >= 15 is 0 Å². The monoisotopic (exact) mass is 520 g/mol. The van der Waals surface area contributed by atoms with Crippen LogP contribution in [0.3, 0.4) is 0 Å². The molecule has 0 aliphatic carbocycles. The van der Waals surface area contributed by atoms with Gasteiger partial charge in [-0.25, -0.2) is 9.59 Å². The van der Waals surface area contributed by atoms with Crippen LogP contribution in [-0.2, 0) is 0 Å². The number of halogens is 3. The van der Waals surface area contributed by atoms with Crippen molar-refractivity contribution in [3.63, 3.8) is 0 Å². The Morgan fingerprint density at radius 2 is 1.12 bits per heavy atom. The lowest BCUT2D eigenvalue weighted by Crippen LogP contribution is -2.25. The standard InChI is InChI=1S/C11H11N3O2.C9H12.C3Cl3N3/c1-6-3-4-8(5-7(6)2)9-12-10(15)14-11(16)13-9;1-7-4-5-8(2)9(3)6-7;4-1-7-2(5)9-3(6)8-1/h3-5H,1-2H3,(H2,12,13,14,15,16);4-6H,1-3H3;. The van der Waals surface area contributed by atoms with E-state index in [4.69, 9.17) is 34.8 Å². The molecule has 8 nitrogen and oxygen atoms in total. The van der Waals surface area contributed by atoms with E-state index in [9.17, 15) is 9.59 Å². The minimum Gasteiger partial charge on any atom is -0.291 e. The lowest BCUT2D eigenvalue weighted by atomic mass is 10.1. The van der Waals surface area contributed by atoms with Crippen molar-refractivity contribution in [2.75, 3.05) is 0 Å². The van der Waals surface area contributed by atoms with Gasteiger partial charge >= 0.3 is 11.4 Å². The molecule has 4 aromatic rings. The molecule has 34 heavy (non-hydrogen) atoms. The average molecular weight is 522 g/mol. The second kappa shape index (κ2) is 12.4. The summed E-state index contributed by atoms with van der Waals surface area (Å²) in [4.78, 5) is 40.7. The van der Waals surface area contributed by atoms with Crippen molar-refractivity contribution in [2.24, 2.45) is 0 Å². The maximum absolute atomic E-state index is 11.1. The lowest BCUT2D eigenvalue weighted by molar-refractivity contribution is 0.942. The number of H-pyrrole nitrogens is 2. The first-order valence-electron chi connectivity index (χ1n) is 9.99. The molecule has 2 N–H and O–H groups in total. The summed E-state index contributed by atoms with van der Waals surface area (Å²) < 4.78 is 0. The zero-order chi connectivity index (χ0) is 25.4. The first-order valence-corrected chi connectivity index (χ1v) is 11.1. The molecule has 11 heteroatoms. The number of aryl methyl sites for hydroxylation is 5. The summed E-state index contributed by atoms with van der Waals surface area (Å²) in [6, 6.07) is 12.1. The van der Waals surface area contributed by atoms with Gasteiger partial charge in [-0.3, -0.25) is 9.97 Å². The number of aromatic amines is 2. The summed E-state index contributed by atoms with van der Waals surface area (Å²) in [5.41, 5.74) is 5.88. The van der Waals surface area contributed by atoms with Crippen molar-refractivity contribution in [2.45, 2.75) is 34.6 Å². The molecule has 2 heterocycles. The molecule has 0 saturated heterocycles. The molecule has 2 aromatic carbocycles. The molecule has 2 aromatic heterocycles. The van der Waals surface area contributed by atoms with Gasteiger partial charge in [0.25, 0.3) is 0 Å². The van der Waals surface area contributed by atoms with E-state index < -0.39 is 11.4 Å². The van der Waals surface area contributed by atoms with E-state index in [0.29, 0.717) is 0 Å². The number of nitrogens with zero attached hydrogens (tertiary/aromatic N) is 4. The fraction of sp³-hybridized carbons (Fsp3) is 0.217. The summed E-state index contributed by atoms with van der Waals surface area (Å²) in [6.07, 6.45) is 0. The molecule has 0 radical (unpaired) electrons. The van der Waals surface area contributed by atoms with Crippen molar-refractivity contribution in [3.8, 4) is 11.4 Å². The third-order valence-electron chi connectivity index (χ3n) is 4.66. The summed E-state index contributed by atoms with van der Waals surface area (Å²) in [7, 11) is 0. The number of benzene rings is 2. The van der Waals surface area contributed by atoms with Crippen LogP contribution in [0.1, 0.15) is 27.8 Å². The van der Waals surface area contributed by atoms with Crippen LogP contribution in [0.2, 0.25) is 15.9 Å². The van der Waals surface area contributed by atoms with Gasteiger partial charge in [-0.1, -0.05) is 35.9 Å². The smallest absolute Gasteiger partial charge is 0.291 e. The highest BCUT2D eigenvalue weighted by molar-refractivity contribution is 6.33. The topological polar surface area (TPSA) is 117 Å². The molecule has 0 atom stereocenters. The zero-order valence-corrected chi connectivity index (χ0v) is 21.5. The van der Waals surface area contributed by atoms with Crippen LogP contribution in [0.25, 0.3) is 11.4 Å². The van der Waals surface area contributed by atoms with E-state index in [2.05, 4.69) is 63.9 Å². The van der Waals surface area contributed by atoms with Crippen molar-refractivity contribution in [3.05, 3.63) is 101 Å². The number of aromatic nitrogens is 6. The Labute approximate surface area is 211 Å². The number of hydrogen-bond donors (Lipinski definition) is 2. The first kappa shape index (κ1) is 27.2. The highest BCUT2D eigenvalue weighted by atomic mass is 35.5. The molecule has 0 bridgehead atoms. The molecule has 0 amide bonds. The van der Waals surface area contributed by atoms with Crippen LogP contribution in [0.15, 0.2) is 46.0 Å². The molecule has 4 rings (SSSR count). The Morgan fingerprint density at radius 3 is 1.56 bits per heavy atom. The van der Waals surface area contributed by atoms with Crippen LogP contribution < -0.4 is 11.4 Å². The minimum atomic E-state index is -0.642. The van der Waals surface area contributed by atoms with Crippen molar-refractivity contribution in [1.82, 2.24) is 29.9 Å². The van der Waals surface area contributed by atoms with E-state index in [-0.39, 0.29) is 21.7 Å². The number of rotatable bonds is 1. The van der Waals surface area contributed by atoms with E-state index in [1.807, 2.05) is 37.0 Å². The summed E-state index contributed by atoms with van der Waals surface area (Å²) >= 11 is 16.0. The predicted octanol–water partition coefficient (Wildman–Crippen LogP) is 5.19. The van der Waals surface area contributed by atoms with E-state index in [1.165, 1.54) is 16.7 Å². The van der Waals surface area contributed by atoms with Gasteiger partial charge in [0, 0.05) is 5.56 Å². The van der Waals surface area contributed by atoms with Gasteiger partial charge in [-0.15, -0.1) is 0 Å². The molecule has 0 unspecified atom stereocenters. The van der Waals surface area contributed by atoms with Gasteiger partial charge in [0.15, 0.2) is 0 Å². The Hall–Kier alpha value is -3.07. The van der Waals surface area contributed by atoms with Crippen molar-refractivity contribution in [1.29, 1.82) is 0 Å². The predicted molar refractivity (Wildman–Crippen MR) is 136 cm³/mol. The van der Waals surface area contributed by atoms with Gasteiger partial charge in [0.1, 0.15) is 5.82 Å². The molecule has 0 spiro atoms. The maximum Gasteiger partial charge on any atom is 0.351 e. The second-order valence-electron chi connectivity index (χ2n) is 7.37. The maximum atomic E-state index is 11.1. The molecular weight excluding hydrogens is 499 g/mol. The fourth-order valence-electron chi connectivity index (χ4n) is 2.61. The first-order chi connectivity index (χ1) is 15.9. The Balaban J connectivity index is 0.000000194. The quantitative estimate of drug-likeness (QED) is 0.356. The zero-order valence-electron chi connectivity index (χ0n) is 19.2. The lowest BCUT2D eigenvalue weighted by Gasteiger charge is -2.03. The summed E-state index contributed by atoms with van der Waals surface area (Å²) in [6.45, 7) is 10.3. The molecular formula is C23H23Cl3N6O2. The highest BCUT2D eigenvalue weighted by Crippen LogP contribution is 2.16. The van der Waals surface area contributed by atoms with Crippen LogP contribution in [0.4, 0.5) is 0 Å². The van der Waals surface area contributed by atoms with Crippen LogP contribution in [0, 0.1) is 34.6 Å². The van der Waals surface area contributed by atoms with Crippen molar-refractivity contribution >= 4 is 34.8 Å².